The van der Waals surface area contributed by atoms with E-state index >= 15 is 0 Å². The lowest BCUT2D eigenvalue weighted by Gasteiger charge is -2.19. The van der Waals surface area contributed by atoms with Gasteiger partial charge in [-0.05, 0) is 23.1 Å². The number of benzene rings is 3. The van der Waals surface area contributed by atoms with Crippen molar-refractivity contribution in [3.63, 3.8) is 0 Å². The lowest BCUT2D eigenvalue weighted by atomic mass is 9.86. The van der Waals surface area contributed by atoms with Crippen LogP contribution in [0.15, 0.2) is 90.3 Å². The molecule has 0 saturated heterocycles. The molecule has 0 aliphatic heterocycles. The maximum atomic E-state index is 5.82. The van der Waals surface area contributed by atoms with Gasteiger partial charge in [0.25, 0.3) is 5.88 Å². The Hall–Kier alpha value is -3.53. The summed E-state index contributed by atoms with van der Waals surface area (Å²) >= 11 is 0. The van der Waals surface area contributed by atoms with E-state index in [0.717, 1.165) is 27.7 Å². The first-order chi connectivity index (χ1) is 14.0. The summed E-state index contributed by atoms with van der Waals surface area (Å²) in [4.78, 5) is 14.4. The fourth-order valence-electron chi connectivity index (χ4n) is 3.14. The molecule has 4 heteroatoms. The maximum absolute atomic E-state index is 5.82. The molecule has 0 N–H and O–H groups in total. The average molecular weight is 381 g/mol. The standard InChI is InChI=1S/C25H23N3O/c1-25(2,3)20-15-13-19(14-16-20)23(18-9-5-4-6-10-18)28-29-24-21-11-7-8-12-22(21)26-17-27-24/h4-17H,1-3H3/b28-23+. The van der Waals surface area contributed by atoms with Crippen molar-refractivity contribution in [3.05, 3.63) is 102 Å². The minimum absolute atomic E-state index is 0.0962. The van der Waals surface area contributed by atoms with E-state index in [0.29, 0.717) is 5.88 Å². The van der Waals surface area contributed by atoms with Gasteiger partial charge < -0.3 is 4.84 Å². The van der Waals surface area contributed by atoms with Crippen molar-refractivity contribution in [1.82, 2.24) is 9.97 Å². The molecule has 0 saturated carbocycles. The molecule has 29 heavy (non-hydrogen) atoms. The third-order valence-corrected chi connectivity index (χ3v) is 4.80. The Balaban J connectivity index is 1.75. The minimum Gasteiger partial charge on any atom is -0.335 e. The zero-order valence-corrected chi connectivity index (χ0v) is 16.8. The number of aromatic nitrogens is 2. The number of fused-ring (bicyclic) bond motifs is 1. The van der Waals surface area contributed by atoms with Gasteiger partial charge in [0.05, 0.1) is 10.9 Å². The maximum Gasteiger partial charge on any atom is 0.259 e. The second-order valence-electron chi connectivity index (χ2n) is 7.92. The van der Waals surface area contributed by atoms with Gasteiger partial charge in [-0.2, -0.15) is 4.98 Å². The van der Waals surface area contributed by atoms with Gasteiger partial charge in [0.1, 0.15) is 12.0 Å². The molecule has 4 aromatic rings. The van der Waals surface area contributed by atoms with E-state index in [9.17, 15) is 0 Å². The molecule has 0 amide bonds. The lowest BCUT2D eigenvalue weighted by molar-refractivity contribution is 0.332. The van der Waals surface area contributed by atoms with Crippen LogP contribution in [-0.4, -0.2) is 15.7 Å². The summed E-state index contributed by atoms with van der Waals surface area (Å²) in [7, 11) is 0. The number of para-hydroxylation sites is 1. The summed E-state index contributed by atoms with van der Waals surface area (Å²) in [6.45, 7) is 6.62. The van der Waals surface area contributed by atoms with Crippen molar-refractivity contribution < 1.29 is 4.84 Å². The number of hydrogen-bond acceptors (Lipinski definition) is 4. The van der Waals surface area contributed by atoms with Crippen molar-refractivity contribution in [2.45, 2.75) is 26.2 Å². The highest BCUT2D eigenvalue weighted by molar-refractivity contribution is 6.12. The van der Waals surface area contributed by atoms with Crippen molar-refractivity contribution in [3.8, 4) is 5.88 Å². The van der Waals surface area contributed by atoms with Gasteiger partial charge in [0, 0.05) is 11.1 Å². The average Bonchev–Trinajstić information content (AvgIpc) is 2.74. The van der Waals surface area contributed by atoms with E-state index in [1.807, 2.05) is 54.6 Å². The molecule has 144 valence electrons. The molecule has 1 aromatic heterocycles. The van der Waals surface area contributed by atoms with E-state index in [-0.39, 0.29) is 5.41 Å². The Morgan fingerprint density at radius 2 is 1.41 bits per heavy atom. The molecule has 0 aliphatic rings. The van der Waals surface area contributed by atoms with E-state index in [2.05, 4.69) is 60.2 Å². The first-order valence-electron chi connectivity index (χ1n) is 9.63. The Morgan fingerprint density at radius 3 is 2.14 bits per heavy atom. The van der Waals surface area contributed by atoms with Crippen LogP contribution in [0.1, 0.15) is 37.5 Å². The van der Waals surface area contributed by atoms with E-state index in [1.165, 1.54) is 11.9 Å². The van der Waals surface area contributed by atoms with Crippen LogP contribution >= 0.6 is 0 Å². The third-order valence-electron chi connectivity index (χ3n) is 4.80. The minimum atomic E-state index is 0.0962. The molecular weight excluding hydrogens is 358 g/mol. The molecule has 0 spiro atoms. The number of rotatable bonds is 4. The van der Waals surface area contributed by atoms with Crippen LogP contribution in [0.25, 0.3) is 10.9 Å². The van der Waals surface area contributed by atoms with E-state index < -0.39 is 0 Å². The lowest BCUT2D eigenvalue weighted by Crippen LogP contribution is -2.12. The molecule has 0 fully saturated rings. The van der Waals surface area contributed by atoms with Gasteiger partial charge in [0.2, 0.25) is 0 Å². The second kappa shape index (κ2) is 7.84. The molecule has 1 heterocycles. The topological polar surface area (TPSA) is 47.4 Å². The fourth-order valence-corrected chi connectivity index (χ4v) is 3.14. The molecular formula is C25H23N3O. The number of nitrogens with zero attached hydrogens (tertiary/aromatic N) is 3. The van der Waals surface area contributed by atoms with Crippen molar-refractivity contribution in [1.29, 1.82) is 0 Å². The van der Waals surface area contributed by atoms with Crippen LogP contribution in [0.2, 0.25) is 0 Å². The number of oxime groups is 1. The quantitative estimate of drug-likeness (QED) is 0.334. The number of hydrogen-bond donors (Lipinski definition) is 0. The molecule has 0 bridgehead atoms. The highest BCUT2D eigenvalue weighted by atomic mass is 16.6. The van der Waals surface area contributed by atoms with E-state index in [4.69, 9.17) is 4.84 Å². The zero-order chi connectivity index (χ0) is 20.3. The zero-order valence-electron chi connectivity index (χ0n) is 16.8. The monoisotopic (exact) mass is 381 g/mol. The van der Waals surface area contributed by atoms with Crippen LogP contribution in [0, 0.1) is 0 Å². The Morgan fingerprint density at radius 1 is 0.759 bits per heavy atom. The van der Waals surface area contributed by atoms with Crippen LogP contribution in [0.5, 0.6) is 5.88 Å². The Labute approximate surface area is 170 Å². The van der Waals surface area contributed by atoms with Crippen LogP contribution < -0.4 is 4.84 Å². The normalized spacial score (nSPS) is 12.2. The van der Waals surface area contributed by atoms with Crippen LogP contribution in [0.3, 0.4) is 0 Å². The second-order valence-corrected chi connectivity index (χ2v) is 7.92. The van der Waals surface area contributed by atoms with Gasteiger partial charge in [-0.3, -0.25) is 0 Å². The molecule has 4 rings (SSSR count). The predicted molar refractivity (Wildman–Crippen MR) is 117 cm³/mol. The summed E-state index contributed by atoms with van der Waals surface area (Å²) in [5.41, 5.74) is 4.92. The van der Waals surface area contributed by atoms with Crippen molar-refractivity contribution in [2.24, 2.45) is 5.16 Å². The van der Waals surface area contributed by atoms with E-state index in [1.54, 1.807) is 0 Å². The van der Waals surface area contributed by atoms with Gasteiger partial charge in [-0.25, -0.2) is 4.98 Å². The largest absolute Gasteiger partial charge is 0.335 e. The fraction of sp³-hybridized carbons (Fsp3) is 0.160. The summed E-state index contributed by atoms with van der Waals surface area (Å²) in [5, 5.41) is 5.33. The molecule has 0 aliphatic carbocycles. The van der Waals surface area contributed by atoms with Gasteiger partial charge in [-0.1, -0.05) is 92.7 Å². The Kier molecular flexibility index (Phi) is 5.09. The first kappa shape index (κ1) is 18.8. The Bertz CT molecular complexity index is 1140. The SMILES string of the molecule is CC(C)(C)c1ccc(/C(=N/Oc2ncnc3ccccc23)c2ccccc2)cc1. The van der Waals surface area contributed by atoms with Crippen LogP contribution in [0.4, 0.5) is 0 Å². The molecule has 0 atom stereocenters. The van der Waals surface area contributed by atoms with Gasteiger partial charge >= 0.3 is 0 Å². The summed E-state index contributed by atoms with van der Waals surface area (Å²) < 4.78 is 0. The molecule has 3 aromatic carbocycles. The smallest absolute Gasteiger partial charge is 0.259 e. The predicted octanol–water partition coefficient (Wildman–Crippen LogP) is 5.76. The van der Waals surface area contributed by atoms with Crippen LogP contribution in [-0.2, 0) is 5.41 Å². The van der Waals surface area contributed by atoms with Crippen molar-refractivity contribution in [2.75, 3.05) is 0 Å². The van der Waals surface area contributed by atoms with Crippen molar-refractivity contribution >= 4 is 16.6 Å². The summed E-state index contributed by atoms with van der Waals surface area (Å²) in [6, 6.07) is 26.2. The summed E-state index contributed by atoms with van der Waals surface area (Å²) in [6.07, 6.45) is 1.49. The third kappa shape index (κ3) is 4.16. The molecule has 0 radical (unpaired) electrons. The van der Waals surface area contributed by atoms with Gasteiger partial charge in [0.15, 0.2) is 0 Å². The van der Waals surface area contributed by atoms with Gasteiger partial charge in [-0.15, -0.1) is 0 Å². The molecule has 0 unspecified atom stereocenters. The first-order valence-corrected chi connectivity index (χ1v) is 9.63. The highest BCUT2D eigenvalue weighted by Crippen LogP contribution is 2.24. The summed E-state index contributed by atoms with van der Waals surface area (Å²) in [5.74, 6) is 0.440. The molecule has 4 nitrogen and oxygen atoms in total. The highest BCUT2D eigenvalue weighted by Gasteiger charge is 2.15.